The molecule has 0 saturated carbocycles. The lowest BCUT2D eigenvalue weighted by Gasteiger charge is -2.34. The first-order valence-corrected chi connectivity index (χ1v) is 13.5. The number of sulfonamides is 1. The van der Waals surface area contributed by atoms with E-state index in [2.05, 4.69) is 11.9 Å². The Morgan fingerprint density at radius 2 is 1.84 bits per heavy atom. The molecule has 1 atom stereocenters. The third-order valence-corrected chi connectivity index (χ3v) is 9.96. The van der Waals surface area contributed by atoms with E-state index in [0.717, 1.165) is 57.3 Å². The molecular formula is C22H32N4O3S2. The lowest BCUT2D eigenvalue weighted by Crippen LogP contribution is -2.43. The molecule has 170 valence electrons. The van der Waals surface area contributed by atoms with E-state index in [-0.39, 0.29) is 11.9 Å². The minimum Gasteiger partial charge on any atom is -0.345 e. The fourth-order valence-corrected chi connectivity index (χ4v) is 7.86. The number of aromatic nitrogens is 2. The number of amides is 1. The van der Waals surface area contributed by atoms with Gasteiger partial charge in [-0.2, -0.15) is 4.31 Å². The van der Waals surface area contributed by atoms with E-state index in [0.29, 0.717) is 32.7 Å². The van der Waals surface area contributed by atoms with Crippen molar-refractivity contribution < 1.29 is 13.2 Å². The molecule has 1 amide bonds. The van der Waals surface area contributed by atoms with Gasteiger partial charge in [-0.1, -0.05) is 13.3 Å². The minimum absolute atomic E-state index is 0.0385. The van der Waals surface area contributed by atoms with Crippen molar-refractivity contribution in [1.29, 1.82) is 0 Å². The van der Waals surface area contributed by atoms with Gasteiger partial charge in [0.2, 0.25) is 10.0 Å². The van der Waals surface area contributed by atoms with Crippen molar-refractivity contribution in [1.82, 2.24) is 18.8 Å². The maximum atomic E-state index is 13.6. The van der Waals surface area contributed by atoms with Gasteiger partial charge in [-0.05, 0) is 52.0 Å². The largest absolute Gasteiger partial charge is 0.345 e. The molecule has 2 fully saturated rings. The average Bonchev–Trinajstić information content (AvgIpc) is 3.48. The fraction of sp³-hybridized carbons (Fsp3) is 0.636. The normalized spacial score (nSPS) is 20.5. The molecule has 4 heterocycles. The van der Waals surface area contributed by atoms with Crippen molar-refractivity contribution in [3.05, 3.63) is 22.3 Å². The third-order valence-electron chi connectivity index (χ3n) is 6.72. The number of hydrogen-bond acceptors (Lipinski definition) is 5. The number of piperidine rings is 1. The van der Waals surface area contributed by atoms with Crippen LogP contribution in [0.2, 0.25) is 0 Å². The molecule has 0 aromatic carbocycles. The van der Waals surface area contributed by atoms with Crippen LogP contribution in [0, 0.1) is 13.8 Å². The number of carbonyl (C=O) groups excluding carboxylic acids is 1. The van der Waals surface area contributed by atoms with Crippen LogP contribution in [0.5, 0.6) is 0 Å². The highest BCUT2D eigenvalue weighted by Gasteiger charge is 2.35. The van der Waals surface area contributed by atoms with Gasteiger partial charge in [-0.25, -0.2) is 13.4 Å². The van der Waals surface area contributed by atoms with E-state index in [9.17, 15) is 13.2 Å². The van der Waals surface area contributed by atoms with Crippen molar-refractivity contribution in [2.45, 2.75) is 70.2 Å². The lowest BCUT2D eigenvalue weighted by molar-refractivity contribution is 0.0796. The molecule has 0 spiro atoms. The van der Waals surface area contributed by atoms with E-state index in [1.807, 2.05) is 30.4 Å². The molecule has 2 saturated heterocycles. The summed E-state index contributed by atoms with van der Waals surface area (Å²) in [6, 6.07) is 1.81. The highest BCUT2D eigenvalue weighted by Crippen LogP contribution is 2.35. The van der Waals surface area contributed by atoms with Gasteiger partial charge < -0.3 is 9.47 Å². The van der Waals surface area contributed by atoms with Crippen molar-refractivity contribution in [2.24, 2.45) is 7.05 Å². The molecule has 0 aliphatic carbocycles. The Morgan fingerprint density at radius 3 is 2.52 bits per heavy atom. The second kappa shape index (κ2) is 8.67. The quantitative estimate of drug-likeness (QED) is 0.671. The van der Waals surface area contributed by atoms with E-state index in [4.69, 9.17) is 0 Å². The predicted octanol–water partition coefficient (Wildman–Crippen LogP) is 3.95. The standard InChI is InChI=1S/C22H32N4O3S2/c1-5-17-10-6-7-13-26(17)31(28,29)19-14-18(24(4)16(19)3)21-23-15(2)20(30-21)22(27)25-11-8-9-12-25/h14,17H,5-13H2,1-4H3/t17-/m1/s1. The Bertz CT molecular complexity index is 1080. The summed E-state index contributed by atoms with van der Waals surface area (Å²) in [6.45, 7) is 7.93. The molecule has 0 radical (unpaired) electrons. The zero-order valence-electron chi connectivity index (χ0n) is 18.8. The number of rotatable bonds is 5. The van der Waals surface area contributed by atoms with Gasteiger partial charge in [0, 0.05) is 38.4 Å². The lowest BCUT2D eigenvalue weighted by atomic mass is 10.0. The smallest absolute Gasteiger partial charge is 0.265 e. The number of likely N-dealkylation sites (tertiary alicyclic amines) is 1. The zero-order chi connectivity index (χ0) is 22.3. The highest BCUT2D eigenvalue weighted by molar-refractivity contribution is 7.89. The van der Waals surface area contributed by atoms with Crippen LogP contribution in [-0.4, -0.2) is 58.8 Å². The van der Waals surface area contributed by atoms with Crippen LogP contribution in [0.25, 0.3) is 10.7 Å². The summed E-state index contributed by atoms with van der Waals surface area (Å²) in [7, 11) is -1.71. The molecule has 9 heteroatoms. The summed E-state index contributed by atoms with van der Waals surface area (Å²) < 4.78 is 30.7. The van der Waals surface area contributed by atoms with Crippen LogP contribution in [-0.2, 0) is 17.1 Å². The van der Waals surface area contributed by atoms with Crippen LogP contribution in [0.1, 0.15) is 66.5 Å². The van der Waals surface area contributed by atoms with Gasteiger partial charge in [0.15, 0.2) is 0 Å². The van der Waals surface area contributed by atoms with Crippen molar-refractivity contribution in [2.75, 3.05) is 19.6 Å². The SMILES string of the molecule is CC[C@@H]1CCCCN1S(=O)(=O)c1cc(-c2nc(C)c(C(=O)N3CCCC3)s2)n(C)c1C. The summed E-state index contributed by atoms with van der Waals surface area (Å²) in [5.41, 5.74) is 2.16. The van der Waals surface area contributed by atoms with Gasteiger partial charge in [0.25, 0.3) is 5.91 Å². The van der Waals surface area contributed by atoms with Gasteiger partial charge in [0.1, 0.15) is 14.8 Å². The second-order valence-electron chi connectivity index (χ2n) is 8.64. The van der Waals surface area contributed by atoms with E-state index < -0.39 is 10.0 Å². The van der Waals surface area contributed by atoms with Gasteiger partial charge >= 0.3 is 0 Å². The topological polar surface area (TPSA) is 75.5 Å². The van der Waals surface area contributed by atoms with E-state index in [1.54, 1.807) is 10.4 Å². The van der Waals surface area contributed by atoms with Crippen molar-refractivity contribution in [3.8, 4) is 10.7 Å². The molecule has 0 N–H and O–H groups in total. The molecular weight excluding hydrogens is 432 g/mol. The first kappa shape index (κ1) is 22.5. The maximum Gasteiger partial charge on any atom is 0.265 e. The number of carbonyl (C=O) groups is 1. The van der Waals surface area contributed by atoms with Crippen LogP contribution in [0.3, 0.4) is 0 Å². The number of hydrogen-bond donors (Lipinski definition) is 0. The molecule has 2 aromatic rings. The van der Waals surface area contributed by atoms with Crippen LogP contribution in [0.15, 0.2) is 11.0 Å². The Labute approximate surface area is 189 Å². The van der Waals surface area contributed by atoms with Crippen LogP contribution < -0.4 is 0 Å². The van der Waals surface area contributed by atoms with Gasteiger partial charge in [0.05, 0.1) is 11.4 Å². The second-order valence-corrected chi connectivity index (χ2v) is 11.5. The molecule has 7 nitrogen and oxygen atoms in total. The third kappa shape index (κ3) is 3.96. The molecule has 4 rings (SSSR count). The van der Waals surface area contributed by atoms with Gasteiger partial charge in [-0.3, -0.25) is 4.79 Å². The van der Waals surface area contributed by atoms with Gasteiger partial charge in [-0.15, -0.1) is 11.3 Å². The predicted molar refractivity (Wildman–Crippen MR) is 123 cm³/mol. The van der Waals surface area contributed by atoms with E-state index >= 15 is 0 Å². The van der Waals surface area contributed by atoms with Crippen molar-refractivity contribution in [3.63, 3.8) is 0 Å². The summed E-state index contributed by atoms with van der Waals surface area (Å²) in [6.07, 6.45) is 5.82. The Morgan fingerprint density at radius 1 is 1.16 bits per heavy atom. The first-order valence-electron chi connectivity index (χ1n) is 11.2. The number of nitrogens with zero attached hydrogens (tertiary/aromatic N) is 4. The Balaban J connectivity index is 1.70. The molecule has 2 aliphatic heterocycles. The Hall–Kier alpha value is -1.71. The van der Waals surface area contributed by atoms with Crippen molar-refractivity contribution >= 4 is 27.3 Å². The summed E-state index contributed by atoms with van der Waals surface area (Å²) in [4.78, 5) is 20.4. The molecule has 0 unspecified atom stereocenters. The number of aryl methyl sites for hydroxylation is 1. The first-order chi connectivity index (χ1) is 14.8. The summed E-state index contributed by atoms with van der Waals surface area (Å²) >= 11 is 1.36. The molecule has 2 aliphatic rings. The summed E-state index contributed by atoms with van der Waals surface area (Å²) in [5.74, 6) is 0.0385. The summed E-state index contributed by atoms with van der Waals surface area (Å²) in [5, 5.41) is 0.692. The fourth-order valence-electron chi connectivity index (χ4n) is 4.73. The highest BCUT2D eigenvalue weighted by atomic mass is 32.2. The molecule has 31 heavy (non-hydrogen) atoms. The Kier molecular flexibility index (Phi) is 6.29. The van der Waals surface area contributed by atoms with E-state index in [1.165, 1.54) is 11.3 Å². The maximum absolute atomic E-state index is 13.6. The zero-order valence-corrected chi connectivity index (χ0v) is 20.5. The van der Waals surface area contributed by atoms with Crippen LogP contribution >= 0.6 is 11.3 Å². The average molecular weight is 465 g/mol. The molecule has 2 aromatic heterocycles. The number of thiazole rings is 1. The molecule has 0 bridgehead atoms. The minimum atomic E-state index is -3.58. The van der Waals surface area contributed by atoms with Crippen LogP contribution in [0.4, 0.5) is 0 Å². The monoisotopic (exact) mass is 464 g/mol.